The molecule has 0 spiro atoms. The van der Waals surface area contributed by atoms with E-state index in [1.165, 1.54) is 22.5 Å². The maximum absolute atomic E-state index is 13.2. The van der Waals surface area contributed by atoms with Crippen LogP contribution >= 0.6 is 0 Å². The molecular formula is C22H20F2N2O4S. The molecule has 31 heavy (non-hydrogen) atoms. The van der Waals surface area contributed by atoms with Gasteiger partial charge in [0.05, 0.1) is 10.6 Å². The minimum Gasteiger partial charge on any atom is -0.484 e. The van der Waals surface area contributed by atoms with Crippen molar-refractivity contribution in [2.75, 3.05) is 22.8 Å². The minimum atomic E-state index is -3.71. The predicted molar refractivity (Wildman–Crippen MR) is 114 cm³/mol. The van der Waals surface area contributed by atoms with E-state index in [9.17, 15) is 22.0 Å². The smallest absolute Gasteiger partial charge is 0.264 e. The third-order valence-corrected chi connectivity index (χ3v) is 6.23. The van der Waals surface area contributed by atoms with Gasteiger partial charge in [-0.1, -0.05) is 18.2 Å². The maximum atomic E-state index is 13.2. The lowest BCUT2D eigenvalue weighted by Crippen LogP contribution is -2.30. The van der Waals surface area contributed by atoms with E-state index in [-0.39, 0.29) is 23.7 Å². The third kappa shape index (κ3) is 5.37. The summed E-state index contributed by atoms with van der Waals surface area (Å²) >= 11 is 0. The Morgan fingerprint density at radius 1 is 0.968 bits per heavy atom. The van der Waals surface area contributed by atoms with Crippen molar-refractivity contribution in [2.24, 2.45) is 0 Å². The number of anilines is 2. The molecule has 0 heterocycles. The van der Waals surface area contributed by atoms with Crippen molar-refractivity contribution in [2.45, 2.75) is 11.8 Å². The van der Waals surface area contributed by atoms with Gasteiger partial charge in [0.2, 0.25) is 0 Å². The van der Waals surface area contributed by atoms with Gasteiger partial charge in [0.15, 0.2) is 18.2 Å². The number of benzene rings is 3. The molecule has 1 N–H and O–H groups in total. The summed E-state index contributed by atoms with van der Waals surface area (Å²) in [5.41, 5.74) is 0.553. The van der Waals surface area contributed by atoms with Crippen LogP contribution in [-0.2, 0) is 14.8 Å². The minimum absolute atomic E-state index is 0.104. The first-order valence-electron chi connectivity index (χ1n) is 9.37. The number of halogens is 2. The average molecular weight is 446 g/mol. The molecule has 0 radical (unpaired) electrons. The third-order valence-electron chi connectivity index (χ3n) is 4.32. The normalized spacial score (nSPS) is 11.1. The van der Waals surface area contributed by atoms with Gasteiger partial charge in [0.1, 0.15) is 5.75 Å². The molecule has 0 saturated heterocycles. The zero-order valence-corrected chi connectivity index (χ0v) is 17.4. The molecule has 0 aliphatic heterocycles. The van der Waals surface area contributed by atoms with Gasteiger partial charge in [0.25, 0.3) is 15.9 Å². The van der Waals surface area contributed by atoms with Gasteiger partial charge in [-0.25, -0.2) is 17.2 Å². The van der Waals surface area contributed by atoms with E-state index in [4.69, 9.17) is 4.74 Å². The van der Waals surface area contributed by atoms with Crippen molar-refractivity contribution >= 4 is 27.3 Å². The van der Waals surface area contributed by atoms with E-state index < -0.39 is 27.6 Å². The van der Waals surface area contributed by atoms with Crippen LogP contribution in [0.25, 0.3) is 0 Å². The fraction of sp³-hybridized carbons (Fsp3) is 0.136. The standard InChI is InChI=1S/C22H20F2N2O4S/c1-2-26(31(28,29)19-6-4-3-5-7-19)17-9-11-18(12-10-17)30-15-22(27)25-16-8-13-20(23)21(24)14-16/h3-14H,2,15H2,1H3,(H,25,27). The van der Waals surface area contributed by atoms with Crippen LogP contribution in [0.5, 0.6) is 5.75 Å². The maximum Gasteiger partial charge on any atom is 0.264 e. The molecule has 0 fully saturated rings. The van der Waals surface area contributed by atoms with E-state index in [0.29, 0.717) is 11.4 Å². The molecule has 0 aliphatic carbocycles. The predicted octanol–water partition coefficient (Wildman–Crippen LogP) is 4.20. The van der Waals surface area contributed by atoms with Crippen molar-refractivity contribution in [3.63, 3.8) is 0 Å². The van der Waals surface area contributed by atoms with E-state index in [1.54, 1.807) is 49.4 Å². The van der Waals surface area contributed by atoms with Crippen molar-refractivity contribution in [1.29, 1.82) is 0 Å². The van der Waals surface area contributed by atoms with Crippen molar-refractivity contribution < 1.29 is 26.7 Å². The Bertz CT molecular complexity index is 1150. The van der Waals surface area contributed by atoms with Gasteiger partial charge < -0.3 is 10.1 Å². The van der Waals surface area contributed by atoms with Gasteiger partial charge in [-0.05, 0) is 55.5 Å². The van der Waals surface area contributed by atoms with E-state index in [2.05, 4.69) is 5.32 Å². The highest BCUT2D eigenvalue weighted by Crippen LogP contribution is 2.25. The fourth-order valence-corrected chi connectivity index (χ4v) is 4.33. The van der Waals surface area contributed by atoms with E-state index >= 15 is 0 Å². The molecule has 0 aliphatic rings. The molecule has 0 aromatic heterocycles. The first-order chi connectivity index (χ1) is 14.8. The second-order valence-electron chi connectivity index (χ2n) is 6.44. The topological polar surface area (TPSA) is 75.7 Å². The number of hydrogen-bond donors (Lipinski definition) is 1. The Hall–Kier alpha value is -3.46. The zero-order chi connectivity index (χ0) is 22.4. The van der Waals surface area contributed by atoms with Crippen LogP contribution in [0.2, 0.25) is 0 Å². The number of amides is 1. The van der Waals surface area contributed by atoms with Gasteiger partial charge >= 0.3 is 0 Å². The number of ether oxygens (including phenoxy) is 1. The highest BCUT2D eigenvalue weighted by atomic mass is 32.2. The summed E-state index contributed by atoms with van der Waals surface area (Å²) in [6, 6.07) is 17.4. The van der Waals surface area contributed by atoms with Crippen LogP contribution in [0.1, 0.15) is 6.92 Å². The molecule has 0 atom stereocenters. The summed E-state index contributed by atoms with van der Waals surface area (Å²) in [6.45, 7) is 1.60. The van der Waals surface area contributed by atoms with Crippen LogP contribution in [0.3, 0.4) is 0 Å². The molecule has 1 amide bonds. The molecule has 0 saturated carbocycles. The summed E-state index contributed by atoms with van der Waals surface area (Å²) in [5, 5.41) is 2.40. The summed E-state index contributed by atoms with van der Waals surface area (Å²) < 4.78 is 58.5. The van der Waals surface area contributed by atoms with Crippen molar-refractivity contribution in [3.05, 3.63) is 84.4 Å². The van der Waals surface area contributed by atoms with Crippen LogP contribution in [0.15, 0.2) is 77.7 Å². The van der Waals surface area contributed by atoms with Crippen LogP contribution in [0, 0.1) is 11.6 Å². The number of nitrogens with zero attached hydrogens (tertiary/aromatic N) is 1. The Kier molecular flexibility index (Phi) is 6.86. The van der Waals surface area contributed by atoms with Crippen LogP contribution < -0.4 is 14.4 Å². The Labute approximate surface area is 179 Å². The Morgan fingerprint density at radius 2 is 1.65 bits per heavy atom. The Balaban J connectivity index is 1.64. The number of hydrogen-bond acceptors (Lipinski definition) is 4. The van der Waals surface area contributed by atoms with E-state index in [1.807, 2.05) is 0 Å². The number of nitrogens with one attached hydrogen (secondary N) is 1. The molecule has 3 rings (SSSR count). The lowest BCUT2D eigenvalue weighted by molar-refractivity contribution is -0.118. The van der Waals surface area contributed by atoms with Gasteiger partial charge in [-0.15, -0.1) is 0 Å². The fourth-order valence-electron chi connectivity index (χ4n) is 2.84. The first kappa shape index (κ1) is 22.2. The van der Waals surface area contributed by atoms with Gasteiger partial charge in [-0.2, -0.15) is 0 Å². The molecule has 9 heteroatoms. The summed E-state index contributed by atoms with van der Waals surface area (Å²) in [4.78, 5) is 12.1. The molecular weight excluding hydrogens is 426 g/mol. The number of rotatable bonds is 8. The highest BCUT2D eigenvalue weighted by molar-refractivity contribution is 7.92. The second kappa shape index (κ2) is 9.57. The van der Waals surface area contributed by atoms with Crippen molar-refractivity contribution in [3.8, 4) is 5.75 Å². The number of sulfonamides is 1. The summed E-state index contributed by atoms with van der Waals surface area (Å²) in [7, 11) is -3.71. The van der Waals surface area contributed by atoms with Crippen LogP contribution in [-0.4, -0.2) is 27.5 Å². The SMILES string of the molecule is CCN(c1ccc(OCC(=O)Nc2ccc(F)c(F)c2)cc1)S(=O)(=O)c1ccccc1. The van der Waals surface area contributed by atoms with Crippen LogP contribution in [0.4, 0.5) is 20.2 Å². The van der Waals surface area contributed by atoms with Crippen molar-refractivity contribution in [1.82, 2.24) is 0 Å². The molecule has 162 valence electrons. The first-order valence-corrected chi connectivity index (χ1v) is 10.8. The van der Waals surface area contributed by atoms with E-state index in [0.717, 1.165) is 12.1 Å². The zero-order valence-electron chi connectivity index (χ0n) is 16.6. The summed E-state index contributed by atoms with van der Waals surface area (Å²) in [5.74, 6) is -2.29. The molecule has 6 nitrogen and oxygen atoms in total. The molecule has 0 bridgehead atoms. The van der Waals surface area contributed by atoms with Gasteiger partial charge in [0, 0.05) is 18.3 Å². The van der Waals surface area contributed by atoms with Gasteiger partial charge in [-0.3, -0.25) is 9.10 Å². The molecule has 3 aromatic rings. The summed E-state index contributed by atoms with van der Waals surface area (Å²) in [6.07, 6.45) is 0. The molecule has 3 aromatic carbocycles. The average Bonchev–Trinajstić information content (AvgIpc) is 2.77. The quantitative estimate of drug-likeness (QED) is 0.563. The lowest BCUT2D eigenvalue weighted by Gasteiger charge is -2.23. The number of carbonyl (C=O) groups excluding carboxylic acids is 1. The Morgan fingerprint density at radius 3 is 2.26 bits per heavy atom. The largest absolute Gasteiger partial charge is 0.484 e. The molecule has 0 unspecified atom stereocenters. The number of carbonyl (C=O) groups is 1. The highest BCUT2D eigenvalue weighted by Gasteiger charge is 2.23. The lowest BCUT2D eigenvalue weighted by atomic mass is 10.3. The monoisotopic (exact) mass is 446 g/mol. The second-order valence-corrected chi connectivity index (χ2v) is 8.30.